The number of methoxy groups -OCH3 is 1. The van der Waals surface area contributed by atoms with Gasteiger partial charge in [0.1, 0.15) is 12.4 Å². The van der Waals surface area contributed by atoms with E-state index in [1.807, 2.05) is 12.1 Å². The number of rotatable bonds is 7. The molecule has 2 aromatic carbocycles. The van der Waals surface area contributed by atoms with Gasteiger partial charge < -0.3 is 14.8 Å². The smallest absolute Gasteiger partial charge is 0.180 e. The van der Waals surface area contributed by atoms with E-state index in [2.05, 4.69) is 5.32 Å². The summed E-state index contributed by atoms with van der Waals surface area (Å²) in [5, 5.41) is 4.11. The van der Waals surface area contributed by atoms with E-state index in [0.29, 0.717) is 28.1 Å². The molecule has 0 atom stereocenters. The minimum atomic E-state index is -0.295. The van der Waals surface area contributed by atoms with Gasteiger partial charge in [0.25, 0.3) is 0 Å². The zero-order valence-electron chi connectivity index (χ0n) is 16.2. The molecule has 0 bridgehead atoms. The zero-order valence-corrected chi connectivity index (χ0v) is 17.8. The lowest BCUT2D eigenvalue weighted by Gasteiger charge is -2.18. The molecule has 1 saturated carbocycles. The summed E-state index contributed by atoms with van der Waals surface area (Å²) in [5.41, 5.74) is 1.54. The molecular formula is C22H28Cl2FNO2. The van der Waals surface area contributed by atoms with E-state index in [4.69, 9.17) is 21.1 Å². The standard InChI is InChI=1S/C22H27ClFNO2.ClH/c1-26-21-13-16(14-25-18-9-4-2-3-5-10-18)12-19(23)22(21)27-15-17-8-6-7-11-20(17)24;/h6-8,11-13,18,25H,2-5,9-10,14-15H2,1H3;1H. The molecule has 1 fully saturated rings. The Labute approximate surface area is 178 Å². The highest BCUT2D eigenvalue weighted by atomic mass is 35.5. The first-order valence-corrected chi connectivity index (χ1v) is 10.0. The molecular weight excluding hydrogens is 400 g/mol. The van der Waals surface area contributed by atoms with E-state index < -0.39 is 0 Å². The molecule has 0 unspecified atom stereocenters. The molecule has 1 aliphatic carbocycles. The molecule has 0 amide bonds. The van der Waals surface area contributed by atoms with Crippen LogP contribution >= 0.6 is 24.0 Å². The minimum absolute atomic E-state index is 0. The van der Waals surface area contributed by atoms with E-state index in [1.54, 1.807) is 25.3 Å². The van der Waals surface area contributed by atoms with Crippen LogP contribution in [0.1, 0.15) is 49.7 Å². The summed E-state index contributed by atoms with van der Waals surface area (Å²) in [7, 11) is 1.59. The topological polar surface area (TPSA) is 30.5 Å². The summed E-state index contributed by atoms with van der Waals surface area (Å²) in [6.45, 7) is 0.844. The molecule has 1 N–H and O–H groups in total. The second-order valence-electron chi connectivity index (χ2n) is 7.06. The number of nitrogens with one attached hydrogen (secondary N) is 1. The lowest BCUT2D eigenvalue weighted by molar-refractivity contribution is 0.279. The van der Waals surface area contributed by atoms with Crippen molar-refractivity contribution in [2.45, 2.75) is 57.7 Å². The van der Waals surface area contributed by atoms with E-state index in [0.717, 1.165) is 12.1 Å². The third-order valence-corrected chi connectivity index (χ3v) is 5.35. The Morgan fingerprint density at radius 2 is 1.82 bits per heavy atom. The second-order valence-corrected chi connectivity index (χ2v) is 7.47. The lowest BCUT2D eigenvalue weighted by atomic mass is 10.1. The van der Waals surface area contributed by atoms with Gasteiger partial charge in [-0.3, -0.25) is 0 Å². The molecule has 2 aromatic rings. The van der Waals surface area contributed by atoms with Gasteiger partial charge in [0.15, 0.2) is 11.5 Å². The molecule has 0 saturated heterocycles. The molecule has 3 rings (SSSR count). The fourth-order valence-corrected chi connectivity index (χ4v) is 3.81. The van der Waals surface area contributed by atoms with Crippen LogP contribution in [0.2, 0.25) is 5.02 Å². The highest BCUT2D eigenvalue weighted by Gasteiger charge is 2.15. The summed E-state index contributed by atoms with van der Waals surface area (Å²) in [4.78, 5) is 0. The lowest BCUT2D eigenvalue weighted by Crippen LogP contribution is -2.27. The van der Waals surface area contributed by atoms with Gasteiger partial charge in [0, 0.05) is 18.2 Å². The Morgan fingerprint density at radius 3 is 2.50 bits per heavy atom. The first-order chi connectivity index (χ1) is 13.2. The predicted molar refractivity (Wildman–Crippen MR) is 114 cm³/mol. The van der Waals surface area contributed by atoms with Crippen molar-refractivity contribution in [2.24, 2.45) is 0 Å². The van der Waals surface area contributed by atoms with Gasteiger partial charge in [-0.05, 0) is 36.6 Å². The van der Waals surface area contributed by atoms with Crippen molar-refractivity contribution >= 4 is 24.0 Å². The highest BCUT2D eigenvalue weighted by molar-refractivity contribution is 6.32. The van der Waals surface area contributed by atoms with E-state index >= 15 is 0 Å². The molecule has 3 nitrogen and oxygen atoms in total. The van der Waals surface area contributed by atoms with E-state index in [9.17, 15) is 4.39 Å². The molecule has 0 aliphatic heterocycles. The Hall–Kier alpha value is -1.49. The van der Waals surface area contributed by atoms with Crippen LogP contribution in [0.4, 0.5) is 4.39 Å². The molecule has 0 radical (unpaired) electrons. The number of ether oxygens (including phenoxy) is 2. The Bertz CT molecular complexity index is 749. The first-order valence-electron chi connectivity index (χ1n) is 9.63. The zero-order chi connectivity index (χ0) is 19.1. The van der Waals surface area contributed by atoms with Crippen LogP contribution in [0, 0.1) is 5.82 Å². The van der Waals surface area contributed by atoms with Crippen LogP contribution in [-0.2, 0) is 13.2 Å². The van der Waals surface area contributed by atoms with Crippen molar-refractivity contribution in [1.29, 1.82) is 0 Å². The van der Waals surface area contributed by atoms with Gasteiger partial charge in [-0.25, -0.2) is 4.39 Å². The average Bonchev–Trinajstić information content (AvgIpc) is 2.95. The third-order valence-electron chi connectivity index (χ3n) is 5.07. The number of halogens is 3. The van der Waals surface area contributed by atoms with Crippen LogP contribution in [-0.4, -0.2) is 13.2 Å². The summed E-state index contributed by atoms with van der Waals surface area (Å²) in [5.74, 6) is 0.717. The molecule has 6 heteroatoms. The van der Waals surface area contributed by atoms with Crippen LogP contribution in [0.25, 0.3) is 0 Å². The van der Waals surface area contributed by atoms with Crippen LogP contribution in [0.15, 0.2) is 36.4 Å². The monoisotopic (exact) mass is 427 g/mol. The number of hydrogen-bond acceptors (Lipinski definition) is 3. The second kappa shape index (κ2) is 11.5. The normalized spacial score (nSPS) is 14.8. The van der Waals surface area contributed by atoms with Crippen molar-refractivity contribution < 1.29 is 13.9 Å². The van der Waals surface area contributed by atoms with Crippen molar-refractivity contribution in [3.05, 3.63) is 58.4 Å². The van der Waals surface area contributed by atoms with Gasteiger partial charge in [-0.2, -0.15) is 0 Å². The molecule has 1 aliphatic rings. The summed E-state index contributed by atoms with van der Waals surface area (Å²) in [6, 6.07) is 10.9. The SMILES string of the molecule is COc1cc(CNC2CCCCCC2)cc(Cl)c1OCc1ccccc1F.Cl. The largest absolute Gasteiger partial charge is 0.493 e. The Morgan fingerprint density at radius 1 is 1.11 bits per heavy atom. The molecule has 0 spiro atoms. The predicted octanol–water partition coefficient (Wildman–Crippen LogP) is 6.30. The van der Waals surface area contributed by atoms with Crippen molar-refractivity contribution in [3.63, 3.8) is 0 Å². The maximum absolute atomic E-state index is 13.8. The van der Waals surface area contributed by atoms with Crippen molar-refractivity contribution in [3.8, 4) is 11.5 Å². The van der Waals surface area contributed by atoms with E-state index in [1.165, 1.54) is 44.6 Å². The summed E-state index contributed by atoms with van der Waals surface area (Å²) in [6.07, 6.45) is 7.73. The number of benzene rings is 2. The first kappa shape index (κ1) is 22.8. The van der Waals surface area contributed by atoms with Gasteiger partial charge >= 0.3 is 0 Å². The Balaban J connectivity index is 0.00000280. The molecule has 154 valence electrons. The minimum Gasteiger partial charge on any atom is -0.493 e. The highest BCUT2D eigenvalue weighted by Crippen LogP contribution is 2.37. The molecule has 0 aromatic heterocycles. The van der Waals surface area contributed by atoms with Gasteiger partial charge in [-0.1, -0.05) is 55.5 Å². The van der Waals surface area contributed by atoms with Crippen molar-refractivity contribution in [2.75, 3.05) is 7.11 Å². The fraction of sp³-hybridized carbons (Fsp3) is 0.455. The summed E-state index contributed by atoms with van der Waals surface area (Å²) < 4.78 is 25.0. The maximum Gasteiger partial charge on any atom is 0.180 e. The maximum atomic E-state index is 13.8. The van der Waals surface area contributed by atoms with Crippen molar-refractivity contribution in [1.82, 2.24) is 5.32 Å². The third kappa shape index (κ3) is 6.26. The van der Waals surface area contributed by atoms with Gasteiger partial charge in [-0.15, -0.1) is 12.4 Å². The van der Waals surface area contributed by atoms with Gasteiger partial charge in [0.2, 0.25) is 0 Å². The average molecular weight is 428 g/mol. The fourth-order valence-electron chi connectivity index (χ4n) is 3.53. The Kier molecular flexibility index (Phi) is 9.36. The van der Waals surface area contributed by atoms with Crippen LogP contribution < -0.4 is 14.8 Å². The molecule has 0 heterocycles. The van der Waals surface area contributed by atoms with E-state index in [-0.39, 0.29) is 24.8 Å². The quantitative estimate of drug-likeness (QED) is 0.525. The van der Waals surface area contributed by atoms with Gasteiger partial charge in [0.05, 0.1) is 12.1 Å². The summed E-state index contributed by atoms with van der Waals surface area (Å²) >= 11 is 6.44. The van der Waals surface area contributed by atoms with Crippen LogP contribution in [0.5, 0.6) is 11.5 Å². The molecule has 28 heavy (non-hydrogen) atoms. The number of hydrogen-bond donors (Lipinski definition) is 1. The van der Waals surface area contributed by atoms with Crippen LogP contribution in [0.3, 0.4) is 0 Å².